The number of carbonyl (C=O) groups is 1. The molecular weight excluding hydrogens is 403 g/mol. The minimum Gasteiger partial charge on any atom is -0.314 e. The Balaban J connectivity index is 2.09. The first kappa shape index (κ1) is 19.0. The number of amides is 1. The molecule has 1 aromatic rings. The quantitative estimate of drug-likeness (QED) is 0.693. The number of fused-ring (bicyclic) bond motifs is 1. The molecule has 2 saturated heterocycles. The average Bonchev–Trinajstić information content (AvgIpc) is 2.92. The molecule has 25 heavy (non-hydrogen) atoms. The van der Waals surface area contributed by atoms with Crippen LogP contribution in [-0.2, 0) is 14.6 Å². The second-order valence-electron chi connectivity index (χ2n) is 7.22. The maximum atomic E-state index is 12.4. The van der Waals surface area contributed by atoms with Crippen LogP contribution in [0.3, 0.4) is 0 Å². The molecular formula is C16H18Cl2N2O3S2. The van der Waals surface area contributed by atoms with Gasteiger partial charge in [0.15, 0.2) is 15.0 Å². The first-order valence-electron chi connectivity index (χ1n) is 7.72. The third kappa shape index (κ3) is 3.84. The third-order valence-electron chi connectivity index (χ3n) is 4.07. The Morgan fingerprint density at radius 3 is 2.60 bits per heavy atom. The van der Waals surface area contributed by atoms with Crippen molar-refractivity contribution >= 4 is 61.6 Å². The SMILES string of the molecule is CC(C)(C)C(=O)N=C1S[C@H]2CS(=O)(=O)C[C@@H]2N1c1cc(Cl)ccc1Cl. The standard InChI is InChI=1S/C16H18Cl2N2O3S2/c1-16(2,3)14(21)19-15-20(11-6-9(17)4-5-10(11)18)12-7-25(22,23)8-13(12)24-15/h4-6,12-13H,7-8H2,1-3H3/t12-,13-/m0/s1. The molecule has 2 aliphatic rings. The summed E-state index contributed by atoms with van der Waals surface area (Å²) < 4.78 is 24.1. The zero-order chi connectivity index (χ0) is 18.6. The van der Waals surface area contributed by atoms with Gasteiger partial charge < -0.3 is 4.90 Å². The number of rotatable bonds is 1. The predicted octanol–water partition coefficient (Wildman–Crippen LogP) is 3.64. The predicted molar refractivity (Wildman–Crippen MR) is 105 cm³/mol. The fourth-order valence-electron chi connectivity index (χ4n) is 2.77. The molecule has 0 N–H and O–H groups in total. The van der Waals surface area contributed by atoms with Gasteiger partial charge in [0, 0.05) is 15.7 Å². The molecule has 136 valence electrons. The van der Waals surface area contributed by atoms with Crippen molar-refractivity contribution in [1.82, 2.24) is 0 Å². The van der Waals surface area contributed by atoms with Crippen molar-refractivity contribution in [2.24, 2.45) is 10.4 Å². The average molecular weight is 421 g/mol. The van der Waals surface area contributed by atoms with Gasteiger partial charge in [-0.15, -0.1) is 0 Å². The monoisotopic (exact) mass is 420 g/mol. The summed E-state index contributed by atoms with van der Waals surface area (Å²) in [5.41, 5.74) is -0.0482. The van der Waals surface area contributed by atoms with Gasteiger partial charge in [0.05, 0.1) is 28.3 Å². The Hall–Kier alpha value is -0.760. The Labute approximate surface area is 161 Å². The van der Waals surface area contributed by atoms with Crippen LogP contribution < -0.4 is 4.90 Å². The summed E-state index contributed by atoms with van der Waals surface area (Å²) >= 11 is 13.8. The van der Waals surface area contributed by atoms with Gasteiger partial charge in [0.2, 0.25) is 0 Å². The van der Waals surface area contributed by atoms with Crippen LogP contribution >= 0.6 is 35.0 Å². The molecule has 9 heteroatoms. The van der Waals surface area contributed by atoms with E-state index in [4.69, 9.17) is 23.2 Å². The molecule has 5 nitrogen and oxygen atoms in total. The number of halogens is 2. The first-order valence-corrected chi connectivity index (χ1v) is 11.2. The van der Waals surface area contributed by atoms with Crippen LogP contribution in [0.4, 0.5) is 5.69 Å². The van der Waals surface area contributed by atoms with Crippen LogP contribution in [0.15, 0.2) is 23.2 Å². The lowest BCUT2D eigenvalue weighted by Gasteiger charge is -2.26. The zero-order valence-corrected chi connectivity index (χ0v) is 17.1. The van der Waals surface area contributed by atoms with Crippen LogP contribution in [-0.4, -0.2) is 42.3 Å². The van der Waals surface area contributed by atoms with Crippen LogP contribution in [0, 0.1) is 5.41 Å². The maximum absolute atomic E-state index is 12.4. The highest BCUT2D eigenvalue weighted by Gasteiger charge is 2.50. The molecule has 0 aromatic heterocycles. The number of benzene rings is 1. The topological polar surface area (TPSA) is 66.8 Å². The van der Waals surface area contributed by atoms with Gasteiger partial charge in [-0.05, 0) is 18.2 Å². The van der Waals surface area contributed by atoms with E-state index >= 15 is 0 Å². The van der Waals surface area contributed by atoms with Gasteiger partial charge in [-0.2, -0.15) is 4.99 Å². The molecule has 2 fully saturated rings. The smallest absolute Gasteiger partial charge is 0.253 e. The van der Waals surface area contributed by atoms with Gasteiger partial charge in [0.25, 0.3) is 5.91 Å². The number of sulfone groups is 1. The van der Waals surface area contributed by atoms with Crippen molar-refractivity contribution in [2.45, 2.75) is 32.1 Å². The summed E-state index contributed by atoms with van der Waals surface area (Å²) in [5, 5.41) is 1.22. The van der Waals surface area contributed by atoms with E-state index in [2.05, 4.69) is 4.99 Å². The normalized spacial score (nSPS) is 26.9. The van der Waals surface area contributed by atoms with Crippen molar-refractivity contribution < 1.29 is 13.2 Å². The van der Waals surface area contributed by atoms with E-state index in [9.17, 15) is 13.2 Å². The van der Waals surface area contributed by atoms with Crippen LogP contribution in [0.1, 0.15) is 20.8 Å². The van der Waals surface area contributed by atoms with Gasteiger partial charge >= 0.3 is 0 Å². The Kier molecular flexibility index (Phi) is 4.90. The van der Waals surface area contributed by atoms with E-state index in [0.717, 1.165) is 0 Å². The van der Waals surface area contributed by atoms with E-state index in [1.165, 1.54) is 11.8 Å². The molecule has 0 spiro atoms. The summed E-state index contributed by atoms with van der Waals surface area (Å²) in [4.78, 5) is 18.4. The molecule has 0 saturated carbocycles. The highest BCUT2D eigenvalue weighted by Crippen LogP contribution is 2.44. The summed E-state index contributed by atoms with van der Waals surface area (Å²) in [6, 6.07) is 4.69. The summed E-state index contributed by atoms with van der Waals surface area (Å²) in [6.45, 7) is 5.38. The number of aliphatic imine (C=N–C) groups is 1. The molecule has 1 amide bonds. The second-order valence-corrected chi connectivity index (χ2v) is 11.4. The first-order chi connectivity index (χ1) is 11.5. The number of hydrogen-bond donors (Lipinski definition) is 0. The largest absolute Gasteiger partial charge is 0.314 e. The third-order valence-corrected chi connectivity index (χ3v) is 7.84. The lowest BCUT2D eigenvalue weighted by Crippen LogP contribution is -2.38. The Morgan fingerprint density at radius 1 is 1.28 bits per heavy atom. The number of amidine groups is 1. The highest BCUT2D eigenvalue weighted by molar-refractivity contribution is 8.16. The zero-order valence-electron chi connectivity index (χ0n) is 14.0. The van der Waals surface area contributed by atoms with Crippen molar-refractivity contribution in [3.8, 4) is 0 Å². The molecule has 2 atom stereocenters. The Bertz CT molecular complexity index is 863. The van der Waals surface area contributed by atoms with E-state index in [1.807, 2.05) is 0 Å². The lowest BCUT2D eigenvalue weighted by molar-refractivity contribution is -0.124. The maximum Gasteiger partial charge on any atom is 0.253 e. The van der Waals surface area contributed by atoms with Gasteiger partial charge in [-0.1, -0.05) is 55.7 Å². The molecule has 3 rings (SSSR count). The minimum atomic E-state index is -3.13. The molecule has 1 aromatic carbocycles. The molecule has 0 radical (unpaired) electrons. The molecule has 0 aliphatic carbocycles. The van der Waals surface area contributed by atoms with Crippen molar-refractivity contribution in [3.63, 3.8) is 0 Å². The molecule has 2 aliphatic heterocycles. The molecule has 2 heterocycles. The van der Waals surface area contributed by atoms with E-state index < -0.39 is 15.3 Å². The highest BCUT2D eigenvalue weighted by atomic mass is 35.5. The van der Waals surface area contributed by atoms with Crippen LogP contribution in [0.25, 0.3) is 0 Å². The van der Waals surface area contributed by atoms with E-state index in [1.54, 1.807) is 43.9 Å². The van der Waals surface area contributed by atoms with Gasteiger partial charge in [-0.3, -0.25) is 4.79 Å². The summed E-state index contributed by atoms with van der Waals surface area (Å²) in [7, 11) is -3.13. The fraction of sp³-hybridized carbons (Fsp3) is 0.500. The van der Waals surface area contributed by atoms with Crippen molar-refractivity contribution in [1.29, 1.82) is 0 Å². The minimum absolute atomic E-state index is 0.0102. The lowest BCUT2D eigenvalue weighted by atomic mass is 9.96. The summed E-state index contributed by atoms with van der Waals surface area (Å²) in [5.74, 6) is -0.184. The van der Waals surface area contributed by atoms with Crippen LogP contribution in [0.5, 0.6) is 0 Å². The van der Waals surface area contributed by atoms with Crippen molar-refractivity contribution in [3.05, 3.63) is 28.2 Å². The Morgan fingerprint density at radius 2 is 1.96 bits per heavy atom. The summed E-state index contributed by atoms with van der Waals surface area (Å²) in [6.07, 6.45) is 0. The van der Waals surface area contributed by atoms with E-state index in [-0.39, 0.29) is 28.7 Å². The van der Waals surface area contributed by atoms with E-state index in [0.29, 0.717) is 20.9 Å². The van der Waals surface area contributed by atoms with Gasteiger partial charge in [0.1, 0.15) is 0 Å². The molecule has 0 unspecified atom stereocenters. The van der Waals surface area contributed by atoms with Crippen molar-refractivity contribution in [2.75, 3.05) is 16.4 Å². The second kappa shape index (κ2) is 6.44. The molecule has 0 bridgehead atoms. The number of nitrogens with zero attached hydrogens (tertiary/aromatic N) is 2. The number of thioether (sulfide) groups is 1. The van der Waals surface area contributed by atoms with Gasteiger partial charge in [-0.25, -0.2) is 8.42 Å². The number of carbonyl (C=O) groups excluding carboxylic acids is 1. The fourth-order valence-corrected chi connectivity index (χ4v) is 7.05. The number of anilines is 1. The van der Waals surface area contributed by atoms with Crippen LogP contribution in [0.2, 0.25) is 10.0 Å². The number of hydrogen-bond acceptors (Lipinski definition) is 4.